The molecule has 3 nitrogen and oxygen atoms in total. The normalized spacial score (nSPS) is 31.9. The maximum atomic E-state index is 12.0. The second-order valence-corrected chi connectivity index (χ2v) is 5.68. The fourth-order valence-electron chi connectivity index (χ4n) is 3.30. The van der Waals surface area contributed by atoms with Crippen LogP contribution in [0.15, 0.2) is 0 Å². The minimum atomic E-state index is -0.155. The first-order valence-electron chi connectivity index (χ1n) is 7.18. The van der Waals surface area contributed by atoms with Crippen molar-refractivity contribution in [3.63, 3.8) is 0 Å². The highest BCUT2D eigenvalue weighted by molar-refractivity contribution is 5.76. The monoisotopic (exact) mass is 239 g/mol. The van der Waals surface area contributed by atoms with Gasteiger partial charge in [-0.25, -0.2) is 0 Å². The van der Waals surface area contributed by atoms with Gasteiger partial charge in [0, 0.05) is 25.4 Å². The third-order valence-corrected chi connectivity index (χ3v) is 4.42. The Hall–Kier alpha value is -0.570. The summed E-state index contributed by atoms with van der Waals surface area (Å²) < 4.78 is 0. The largest absolute Gasteiger partial charge is 0.393 e. The number of aliphatic hydroxyl groups excluding tert-OH is 1. The summed E-state index contributed by atoms with van der Waals surface area (Å²) in [7, 11) is 0. The molecule has 1 aliphatic heterocycles. The molecule has 1 amide bonds. The Bertz CT molecular complexity index is 267. The van der Waals surface area contributed by atoms with Crippen LogP contribution >= 0.6 is 0 Å². The lowest BCUT2D eigenvalue weighted by Crippen LogP contribution is -2.30. The Morgan fingerprint density at radius 2 is 2.06 bits per heavy atom. The number of carbonyl (C=O) groups excluding carboxylic acids is 1. The lowest BCUT2D eigenvalue weighted by molar-refractivity contribution is -0.130. The minimum Gasteiger partial charge on any atom is -0.393 e. The van der Waals surface area contributed by atoms with Gasteiger partial charge in [0.1, 0.15) is 0 Å². The number of unbranched alkanes of at least 4 members (excludes halogenated alkanes) is 3. The van der Waals surface area contributed by atoms with Crippen molar-refractivity contribution in [2.45, 2.75) is 58.0 Å². The number of amides is 1. The van der Waals surface area contributed by atoms with Crippen molar-refractivity contribution in [1.29, 1.82) is 0 Å². The Morgan fingerprint density at radius 1 is 1.24 bits per heavy atom. The van der Waals surface area contributed by atoms with Crippen LogP contribution in [0.5, 0.6) is 0 Å². The molecule has 1 heterocycles. The van der Waals surface area contributed by atoms with Crippen molar-refractivity contribution in [2.75, 3.05) is 13.1 Å². The van der Waals surface area contributed by atoms with Crippen molar-refractivity contribution in [3.05, 3.63) is 0 Å². The highest BCUT2D eigenvalue weighted by atomic mass is 16.3. The van der Waals surface area contributed by atoms with Gasteiger partial charge in [-0.05, 0) is 25.2 Å². The molecule has 2 rings (SSSR count). The first-order chi connectivity index (χ1) is 8.22. The number of hydrogen-bond acceptors (Lipinski definition) is 2. The number of likely N-dealkylation sites (tertiary alicyclic amines) is 1. The Balaban J connectivity index is 1.71. The molecule has 3 unspecified atom stereocenters. The van der Waals surface area contributed by atoms with Crippen molar-refractivity contribution in [1.82, 2.24) is 4.90 Å². The fourth-order valence-corrected chi connectivity index (χ4v) is 3.30. The number of rotatable bonds is 5. The number of aliphatic hydroxyl groups is 1. The number of fused-ring (bicyclic) bond motifs is 1. The van der Waals surface area contributed by atoms with Gasteiger partial charge >= 0.3 is 0 Å². The predicted molar refractivity (Wildman–Crippen MR) is 67.6 cm³/mol. The van der Waals surface area contributed by atoms with E-state index in [9.17, 15) is 9.90 Å². The van der Waals surface area contributed by atoms with E-state index >= 15 is 0 Å². The molecule has 0 spiro atoms. The number of nitrogens with zero attached hydrogens (tertiary/aromatic N) is 1. The van der Waals surface area contributed by atoms with E-state index in [1.165, 1.54) is 19.3 Å². The molecule has 3 heteroatoms. The SMILES string of the molecule is CCCCCCC(=O)N1CC2CCC(O)C2C1. The molecule has 0 aromatic carbocycles. The van der Waals surface area contributed by atoms with Crippen LogP contribution in [0, 0.1) is 11.8 Å². The molecular formula is C14H25NO2. The van der Waals surface area contributed by atoms with Crippen LogP contribution in [-0.4, -0.2) is 35.1 Å². The summed E-state index contributed by atoms with van der Waals surface area (Å²) in [5.74, 6) is 1.25. The zero-order valence-corrected chi connectivity index (χ0v) is 10.9. The summed E-state index contributed by atoms with van der Waals surface area (Å²) in [6.07, 6.45) is 7.24. The molecule has 0 bridgehead atoms. The van der Waals surface area contributed by atoms with Gasteiger partial charge in [0.2, 0.25) is 5.91 Å². The van der Waals surface area contributed by atoms with E-state index in [2.05, 4.69) is 6.92 Å². The molecule has 0 radical (unpaired) electrons. The zero-order chi connectivity index (χ0) is 12.3. The summed E-state index contributed by atoms with van der Waals surface area (Å²) in [5.41, 5.74) is 0. The highest BCUT2D eigenvalue weighted by Crippen LogP contribution is 2.38. The lowest BCUT2D eigenvalue weighted by Gasteiger charge is -2.18. The van der Waals surface area contributed by atoms with E-state index < -0.39 is 0 Å². The van der Waals surface area contributed by atoms with Crippen LogP contribution in [0.3, 0.4) is 0 Å². The Labute approximate surface area is 104 Å². The van der Waals surface area contributed by atoms with Gasteiger partial charge < -0.3 is 10.0 Å². The second-order valence-electron chi connectivity index (χ2n) is 5.68. The van der Waals surface area contributed by atoms with Crippen LogP contribution in [0.25, 0.3) is 0 Å². The van der Waals surface area contributed by atoms with Gasteiger partial charge in [-0.15, -0.1) is 0 Å². The van der Waals surface area contributed by atoms with Gasteiger partial charge in [0.15, 0.2) is 0 Å². The Kier molecular flexibility index (Phi) is 4.43. The van der Waals surface area contributed by atoms with Crippen molar-refractivity contribution in [2.24, 2.45) is 11.8 Å². The van der Waals surface area contributed by atoms with Gasteiger partial charge in [0.25, 0.3) is 0 Å². The predicted octanol–water partition coefficient (Wildman–Crippen LogP) is 2.19. The van der Waals surface area contributed by atoms with Crippen molar-refractivity contribution in [3.8, 4) is 0 Å². The first-order valence-corrected chi connectivity index (χ1v) is 7.18. The topological polar surface area (TPSA) is 40.5 Å². The first kappa shape index (κ1) is 12.9. The molecule has 0 aromatic heterocycles. The van der Waals surface area contributed by atoms with Crippen LogP contribution in [0.2, 0.25) is 0 Å². The van der Waals surface area contributed by atoms with Gasteiger partial charge in [0.05, 0.1) is 6.10 Å². The summed E-state index contributed by atoms with van der Waals surface area (Å²) in [5, 5.41) is 9.81. The molecule has 1 aliphatic carbocycles. The van der Waals surface area contributed by atoms with Crippen LogP contribution in [0.4, 0.5) is 0 Å². The molecule has 98 valence electrons. The van der Waals surface area contributed by atoms with Gasteiger partial charge in [-0.2, -0.15) is 0 Å². The third-order valence-electron chi connectivity index (χ3n) is 4.42. The average molecular weight is 239 g/mol. The van der Waals surface area contributed by atoms with E-state index in [0.29, 0.717) is 24.2 Å². The van der Waals surface area contributed by atoms with Crippen LogP contribution in [0.1, 0.15) is 51.9 Å². The minimum absolute atomic E-state index is 0.155. The average Bonchev–Trinajstić information content (AvgIpc) is 2.87. The summed E-state index contributed by atoms with van der Waals surface area (Å²) in [4.78, 5) is 14.0. The van der Waals surface area contributed by atoms with E-state index in [0.717, 1.165) is 32.4 Å². The number of hydrogen-bond donors (Lipinski definition) is 1. The van der Waals surface area contributed by atoms with Crippen LogP contribution < -0.4 is 0 Å². The molecule has 1 saturated carbocycles. The van der Waals surface area contributed by atoms with E-state index in [1.807, 2.05) is 4.90 Å². The summed E-state index contributed by atoms with van der Waals surface area (Å²) in [6, 6.07) is 0. The summed E-state index contributed by atoms with van der Waals surface area (Å²) in [6.45, 7) is 3.89. The van der Waals surface area contributed by atoms with Gasteiger partial charge in [-0.1, -0.05) is 26.2 Å². The van der Waals surface area contributed by atoms with E-state index in [-0.39, 0.29) is 6.10 Å². The molecule has 1 N–H and O–H groups in total. The summed E-state index contributed by atoms with van der Waals surface area (Å²) >= 11 is 0. The lowest BCUT2D eigenvalue weighted by atomic mass is 10.00. The Morgan fingerprint density at radius 3 is 2.76 bits per heavy atom. The fraction of sp³-hybridized carbons (Fsp3) is 0.929. The molecule has 1 saturated heterocycles. The molecule has 0 aromatic rings. The molecular weight excluding hydrogens is 214 g/mol. The van der Waals surface area contributed by atoms with Crippen molar-refractivity contribution < 1.29 is 9.90 Å². The second kappa shape index (κ2) is 5.85. The standard InChI is InChI=1S/C14H25NO2/c1-2-3-4-5-6-14(17)15-9-11-7-8-13(16)12(11)10-15/h11-13,16H,2-10H2,1H3. The van der Waals surface area contributed by atoms with E-state index in [4.69, 9.17) is 0 Å². The van der Waals surface area contributed by atoms with Gasteiger partial charge in [-0.3, -0.25) is 4.79 Å². The van der Waals surface area contributed by atoms with Crippen LogP contribution in [-0.2, 0) is 4.79 Å². The maximum absolute atomic E-state index is 12.0. The quantitative estimate of drug-likeness (QED) is 0.747. The molecule has 2 aliphatic rings. The molecule has 2 fully saturated rings. The van der Waals surface area contributed by atoms with Crippen molar-refractivity contribution >= 4 is 5.91 Å². The molecule has 3 atom stereocenters. The smallest absolute Gasteiger partial charge is 0.222 e. The zero-order valence-electron chi connectivity index (χ0n) is 10.9. The molecule has 17 heavy (non-hydrogen) atoms. The third kappa shape index (κ3) is 3.01. The maximum Gasteiger partial charge on any atom is 0.222 e. The van der Waals surface area contributed by atoms with E-state index in [1.54, 1.807) is 0 Å². The number of carbonyl (C=O) groups is 1. The highest BCUT2D eigenvalue weighted by Gasteiger charge is 2.42.